The van der Waals surface area contributed by atoms with E-state index in [9.17, 15) is 0 Å². The molecular formula is C12H24N4O. The van der Waals surface area contributed by atoms with Gasteiger partial charge in [0.15, 0.2) is 0 Å². The normalized spacial score (nSPS) is 14.8. The fourth-order valence-electron chi connectivity index (χ4n) is 1.98. The maximum Gasteiger partial charge on any atom is 0.138 e. The summed E-state index contributed by atoms with van der Waals surface area (Å²) in [5, 5.41) is 4.20. The molecule has 1 aromatic heterocycles. The van der Waals surface area contributed by atoms with Gasteiger partial charge in [-0.05, 0) is 12.8 Å². The Hall–Kier alpha value is -0.940. The molecule has 2 atom stereocenters. The minimum absolute atomic E-state index is 0.0141. The summed E-state index contributed by atoms with van der Waals surface area (Å²) >= 11 is 0. The number of ether oxygens (including phenoxy) is 1. The zero-order chi connectivity index (χ0) is 12.7. The Morgan fingerprint density at radius 1 is 1.41 bits per heavy atom. The highest BCUT2D eigenvalue weighted by Crippen LogP contribution is 2.09. The maximum atomic E-state index is 6.16. The smallest absolute Gasteiger partial charge is 0.138 e. The lowest BCUT2D eigenvalue weighted by Crippen LogP contribution is -2.38. The molecule has 0 aromatic carbocycles. The number of hydrogen-bond donors (Lipinski definition) is 1. The molecule has 0 bridgehead atoms. The van der Waals surface area contributed by atoms with E-state index in [0.29, 0.717) is 0 Å². The molecule has 5 heteroatoms. The second kappa shape index (κ2) is 7.40. The number of hydrogen-bond acceptors (Lipinski definition) is 4. The topological polar surface area (TPSA) is 66.0 Å². The van der Waals surface area contributed by atoms with Crippen molar-refractivity contribution in [3.63, 3.8) is 0 Å². The molecular weight excluding hydrogens is 216 g/mol. The molecule has 0 amide bonds. The SMILES string of the molecule is CCCC(OC)C(N)Cc1ncnn1CCC. The highest BCUT2D eigenvalue weighted by atomic mass is 16.5. The van der Waals surface area contributed by atoms with Crippen LogP contribution in [0.15, 0.2) is 6.33 Å². The molecule has 0 fully saturated rings. The Balaban J connectivity index is 2.59. The molecule has 1 heterocycles. The monoisotopic (exact) mass is 240 g/mol. The Morgan fingerprint density at radius 3 is 2.76 bits per heavy atom. The number of nitrogens with zero attached hydrogens (tertiary/aromatic N) is 3. The third kappa shape index (κ3) is 4.09. The van der Waals surface area contributed by atoms with Crippen LogP contribution in [-0.4, -0.2) is 34.0 Å². The summed E-state index contributed by atoms with van der Waals surface area (Å²) in [4.78, 5) is 4.27. The summed E-state index contributed by atoms with van der Waals surface area (Å²) < 4.78 is 7.35. The van der Waals surface area contributed by atoms with Crippen molar-refractivity contribution >= 4 is 0 Å². The first kappa shape index (κ1) is 14.1. The van der Waals surface area contributed by atoms with Crippen molar-refractivity contribution in [1.82, 2.24) is 14.8 Å². The van der Waals surface area contributed by atoms with Gasteiger partial charge in [0, 0.05) is 26.1 Å². The van der Waals surface area contributed by atoms with Crippen LogP contribution < -0.4 is 5.73 Å². The summed E-state index contributed by atoms with van der Waals surface area (Å²) in [5.74, 6) is 0.956. The molecule has 17 heavy (non-hydrogen) atoms. The molecule has 2 unspecified atom stereocenters. The van der Waals surface area contributed by atoms with Crippen LogP contribution >= 0.6 is 0 Å². The fraction of sp³-hybridized carbons (Fsp3) is 0.833. The van der Waals surface area contributed by atoms with Gasteiger partial charge in [0.2, 0.25) is 0 Å². The van der Waals surface area contributed by atoms with E-state index in [-0.39, 0.29) is 12.1 Å². The van der Waals surface area contributed by atoms with Crippen LogP contribution in [0.4, 0.5) is 0 Å². The molecule has 98 valence electrons. The van der Waals surface area contributed by atoms with Crippen LogP contribution in [0.1, 0.15) is 38.9 Å². The van der Waals surface area contributed by atoms with Gasteiger partial charge in [0.05, 0.1) is 6.10 Å². The van der Waals surface area contributed by atoms with E-state index in [1.165, 1.54) is 0 Å². The van der Waals surface area contributed by atoms with E-state index in [2.05, 4.69) is 23.9 Å². The van der Waals surface area contributed by atoms with Crippen LogP contribution in [-0.2, 0) is 17.7 Å². The van der Waals surface area contributed by atoms with Gasteiger partial charge in [0.25, 0.3) is 0 Å². The number of aryl methyl sites for hydroxylation is 1. The predicted octanol–water partition coefficient (Wildman–Crippen LogP) is 1.37. The van der Waals surface area contributed by atoms with E-state index in [0.717, 1.165) is 38.1 Å². The zero-order valence-corrected chi connectivity index (χ0v) is 11.1. The third-order valence-corrected chi connectivity index (χ3v) is 2.90. The molecule has 0 aliphatic carbocycles. The first-order chi connectivity index (χ1) is 8.22. The zero-order valence-electron chi connectivity index (χ0n) is 11.1. The molecule has 0 aliphatic heterocycles. The van der Waals surface area contributed by atoms with E-state index >= 15 is 0 Å². The largest absolute Gasteiger partial charge is 0.380 e. The molecule has 0 aliphatic rings. The Bertz CT molecular complexity index is 313. The lowest BCUT2D eigenvalue weighted by atomic mass is 10.0. The molecule has 2 N–H and O–H groups in total. The molecule has 5 nitrogen and oxygen atoms in total. The molecule has 1 rings (SSSR count). The van der Waals surface area contributed by atoms with Gasteiger partial charge in [-0.3, -0.25) is 4.68 Å². The van der Waals surface area contributed by atoms with E-state index in [1.807, 2.05) is 4.68 Å². The molecule has 0 saturated heterocycles. The summed E-state index contributed by atoms with van der Waals surface area (Å²) in [6.07, 6.45) is 5.53. The Labute approximate surface area is 103 Å². The fourth-order valence-corrected chi connectivity index (χ4v) is 1.98. The van der Waals surface area contributed by atoms with Crippen molar-refractivity contribution in [2.24, 2.45) is 5.73 Å². The molecule has 0 spiro atoms. The van der Waals surface area contributed by atoms with Gasteiger partial charge in [-0.25, -0.2) is 4.98 Å². The summed E-state index contributed by atoms with van der Waals surface area (Å²) in [5.41, 5.74) is 6.16. The van der Waals surface area contributed by atoms with Crippen LogP contribution in [0.25, 0.3) is 0 Å². The molecule has 0 radical (unpaired) electrons. The van der Waals surface area contributed by atoms with Crippen molar-refractivity contribution in [2.45, 2.75) is 58.2 Å². The minimum atomic E-state index is -0.0141. The lowest BCUT2D eigenvalue weighted by molar-refractivity contribution is 0.0718. The number of rotatable bonds is 8. The van der Waals surface area contributed by atoms with E-state index < -0.39 is 0 Å². The van der Waals surface area contributed by atoms with Crippen molar-refractivity contribution < 1.29 is 4.74 Å². The average molecular weight is 240 g/mol. The second-order valence-corrected chi connectivity index (χ2v) is 4.33. The van der Waals surface area contributed by atoms with Crippen molar-refractivity contribution in [1.29, 1.82) is 0 Å². The average Bonchev–Trinajstić information content (AvgIpc) is 2.74. The highest BCUT2D eigenvalue weighted by molar-refractivity contribution is 4.91. The minimum Gasteiger partial charge on any atom is -0.380 e. The first-order valence-corrected chi connectivity index (χ1v) is 6.37. The summed E-state index contributed by atoms with van der Waals surface area (Å²) in [7, 11) is 1.72. The van der Waals surface area contributed by atoms with Gasteiger partial charge in [-0.1, -0.05) is 20.3 Å². The van der Waals surface area contributed by atoms with Crippen LogP contribution in [0.5, 0.6) is 0 Å². The van der Waals surface area contributed by atoms with Gasteiger partial charge < -0.3 is 10.5 Å². The van der Waals surface area contributed by atoms with Crippen molar-refractivity contribution in [3.05, 3.63) is 12.2 Å². The van der Waals surface area contributed by atoms with Gasteiger partial charge >= 0.3 is 0 Å². The van der Waals surface area contributed by atoms with Crippen LogP contribution in [0.2, 0.25) is 0 Å². The van der Waals surface area contributed by atoms with Crippen molar-refractivity contribution in [3.8, 4) is 0 Å². The first-order valence-electron chi connectivity index (χ1n) is 6.37. The highest BCUT2D eigenvalue weighted by Gasteiger charge is 2.19. The van der Waals surface area contributed by atoms with Gasteiger partial charge in [-0.15, -0.1) is 0 Å². The van der Waals surface area contributed by atoms with E-state index in [4.69, 9.17) is 10.5 Å². The van der Waals surface area contributed by atoms with Crippen LogP contribution in [0, 0.1) is 0 Å². The van der Waals surface area contributed by atoms with Gasteiger partial charge in [0.1, 0.15) is 12.2 Å². The number of aromatic nitrogens is 3. The maximum absolute atomic E-state index is 6.16. The third-order valence-electron chi connectivity index (χ3n) is 2.90. The standard InChI is InChI=1S/C12H24N4O/c1-4-6-11(17-3)10(13)8-12-14-9-15-16(12)7-5-2/h9-11H,4-8,13H2,1-3H3. The van der Waals surface area contributed by atoms with Gasteiger partial charge in [-0.2, -0.15) is 5.10 Å². The lowest BCUT2D eigenvalue weighted by Gasteiger charge is -2.21. The van der Waals surface area contributed by atoms with Crippen LogP contribution in [0.3, 0.4) is 0 Å². The number of methoxy groups -OCH3 is 1. The molecule has 0 saturated carbocycles. The quantitative estimate of drug-likeness (QED) is 0.745. The second-order valence-electron chi connectivity index (χ2n) is 4.33. The van der Waals surface area contributed by atoms with E-state index in [1.54, 1.807) is 13.4 Å². The number of nitrogens with two attached hydrogens (primary N) is 1. The predicted molar refractivity (Wildman–Crippen MR) is 67.7 cm³/mol. The summed E-state index contributed by atoms with van der Waals surface area (Å²) in [6, 6.07) is -0.0141. The summed E-state index contributed by atoms with van der Waals surface area (Å²) in [6.45, 7) is 5.16. The Morgan fingerprint density at radius 2 is 2.18 bits per heavy atom. The van der Waals surface area contributed by atoms with Crippen molar-refractivity contribution in [2.75, 3.05) is 7.11 Å². The Kier molecular flexibility index (Phi) is 6.15. The molecule has 1 aromatic rings.